The Morgan fingerprint density at radius 1 is 1.15 bits per heavy atom. The van der Waals surface area contributed by atoms with Crippen LogP contribution in [-0.2, 0) is 19.1 Å². The predicted octanol–water partition coefficient (Wildman–Crippen LogP) is 1.39. The Balaban J connectivity index is 1.40. The highest BCUT2D eigenvalue weighted by molar-refractivity contribution is 6.02. The molecule has 6 heterocycles. The number of nitrogens with zero attached hydrogens (tertiary/aromatic N) is 2. The molecule has 2 bridgehead atoms. The minimum Gasteiger partial charge on any atom is -0.363 e. The van der Waals surface area contributed by atoms with Gasteiger partial charge in [0.1, 0.15) is 17.8 Å². The molecule has 0 N–H and O–H groups in total. The van der Waals surface area contributed by atoms with Gasteiger partial charge < -0.3 is 19.3 Å². The zero-order valence-electron chi connectivity index (χ0n) is 14.3. The van der Waals surface area contributed by atoms with E-state index >= 15 is 0 Å². The number of anilines is 1. The Bertz CT molecular complexity index is 871. The van der Waals surface area contributed by atoms with Crippen molar-refractivity contribution in [1.29, 1.82) is 0 Å². The predicted molar refractivity (Wildman–Crippen MR) is 90.4 cm³/mol. The van der Waals surface area contributed by atoms with E-state index in [2.05, 4.69) is 6.07 Å². The van der Waals surface area contributed by atoms with Crippen LogP contribution in [0.15, 0.2) is 24.3 Å². The second-order valence-corrected chi connectivity index (χ2v) is 8.54. The van der Waals surface area contributed by atoms with Gasteiger partial charge in [0.15, 0.2) is 0 Å². The first-order valence-corrected chi connectivity index (χ1v) is 9.75. The first-order valence-electron chi connectivity index (χ1n) is 9.75. The standard InChI is InChI=1S/C20H20N2O4/c23-16-6-3-7-21(16)13-9-15-20-11(8-14(26-20)17-18(20)25-17)19(24)22(15)12-5-2-1-4-10(12)13/h1-2,4-5,11,13-15,17-18H,3,6-9H2/t11-,13-,14-,15-,17-,18-,20-/m0/s1. The first-order chi connectivity index (χ1) is 12.7. The molecule has 0 saturated carbocycles. The zero-order chi connectivity index (χ0) is 17.2. The third-order valence-corrected chi connectivity index (χ3v) is 7.56. The number of hydrogen-bond donors (Lipinski definition) is 0. The summed E-state index contributed by atoms with van der Waals surface area (Å²) in [6.45, 7) is 0.807. The number of likely N-dealkylation sites (tertiary alicyclic amines) is 1. The number of amides is 2. The van der Waals surface area contributed by atoms with Gasteiger partial charge in [0.05, 0.1) is 24.1 Å². The summed E-state index contributed by atoms with van der Waals surface area (Å²) in [4.78, 5) is 29.8. The van der Waals surface area contributed by atoms with Crippen LogP contribution in [0.25, 0.3) is 0 Å². The fraction of sp³-hybridized carbons (Fsp3) is 0.600. The average molecular weight is 352 g/mol. The van der Waals surface area contributed by atoms with Crippen LogP contribution < -0.4 is 4.90 Å². The Kier molecular flexibility index (Phi) is 2.35. The molecule has 5 saturated heterocycles. The lowest BCUT2D eigenvalue weighted by Crippen LogP contribution is -2.54. The number of carbonyl (C=O) groups excluding carboxylic acids is 2. The molecule has 26 heavy (non-hydrogen) atoms. The Hall–Kier alpha value is -1.92. The van der Waals surface area contributed by atoms with Crippen molar-refractivity contribution < 1.29 is 19.1 Å². The molecule has 5 fully saturated rings. The molecule has 1 aromatic rings. The second kappa shape index (κ2) is 4.31. The lowest BCUT2D eigenvalue weighted by molar-refractivity contribution is -0.131. The highest BCUT2D eigenvalue weighted by Gasteiger charge is 2.82. The monoisotopic (exact) mass is 352 g/mol. The quantitative estimate of drug-likeness (QED) is 0.717. The van der Waals surface area contributed by atoms with Crippen LogP contribution in [0.3, 0.4) is 0 Å². The molecule has 7 atom stereocenters. The van der Waals surface area contributed by atoms with Crippen LogP contribution in [0.2, 0.25) is 0 Å². The van der Waals surface area contributed by atoms with Crippen molar-refractivity contribution >= 4 is 17.5 Å². The van der Waals surface area contributed by atoms with Gasteiger partial charge in [0.2, 0.25) is 11.8 Å². The lowest BCUT2D eigenvalue weighted by atomic mass is 9.74. The van der Waals surface area contributed by atoms with Gasteiger partial charge in [0.25, 0.3) is 0 Å². The van der Waals surface area contributed by atoms with Gasteiger partial charge in [-0.1, -0.05) is 18.2 Å². The van der Waals surface area contributed by atoms with Crippen LogP contribution in [0.5, 0.6) is 0 Å². The third kappa shape index (κ3) is 1.39. The maximum atomic E-state index is 13.3. The van der Waals surface area contributed by atoms with Crippen molar-refractivity contribution in [3.8, 4) is 0 Å². The van der Waals surface area contributed by atoms with E-state index in [0.29, 0.717) is 6.42 Å². The van der Waals surface area contributed by atoms with Crippen LogP contribution in [0.1, 0.15) is 37.3 Å². The zero-order valence-corrected chi connectivity index (χ0v) is 14.3. The Morgan fingerprint density at radius 3 is 2.85 bits per heavy atom. The molecule has 0 unspecified atom stereocenters. The van der Waals surface area contributed by atoms with Gasteiger partial charge >= 0.3 is 0 Å². The summed E-state index contributed by atoms with van der Waals surface area (Å²) in [6, 6.07) is 8.10. The molecular weight excluding hydrogens is 332 g/mol. The molecule has 134 valence electrons. The molecule has 6 aliphatic heterocycles. The fourth-order valence-corrected chi connectivity index (χ4v) is 6.56. The molecule has 6 nitrogen and oxygen atoms in total. The van der Waals surface area contributed by atoms with Gasteiger partial charge in [-0.25, -0.2) is 0 Å². The van der Waals surface area contributed by atoms with Gasteiger partial charge in [-0.2, -0.15) is 0 Å². The van der Waals surface area contributed by atoms with Gasteiger partial charge in [-0.3, -0.25) is 9.59 Å². The number of hydrogen-bond acceptors (Lipinski definition) is 4. The van der Waals surface area contributed by atoms with Crippen LogP contribution in [0, 0.1) is 5.92 Å². The Labute approximate surface area is 151 Å². The molecule has 2 amide bonds. The van der Waals surface area contributed by atoms with Crippen molar-refractivity contribution in [3.05, 3.63) is 29.8 Å². The van der Waals surface area contributed by atoms with E-state index in [-0.39, 0.29) is 48.1 Å². The molecule has 6 heteroatoms. The number of fused-ring (bicyclic) bond motifs is 6. The van der Waals surface area contributed by atoms with Crippen molar-refractivity contribution in [2.24, 2.45) is 5.92 Å². The van der Waals surface area contributed by atoms with Crippen molar-refractivity contribution in [3.63, 3.8) is 0 Å². The van der Waals surface area contributed by atoms with E-state index in [1.165, 1.54) is 0 Å². The highest BCUT2D eigenvalue weighted by Crippen LogP contribution is 2.66. The van der Waals surface area contributed by atoms with Crippen LogP contribution in [0.4, 0.5) is 5.69 Å². The molecule has 1 aromatic carbocycles. The molecule has 1 spiro atoms. The summed E-state index contributed by atoms with van der Waals surface area (Å²) in [5, 5.41) is 0. The van der Waals surface area contributed by atoms with Crippen molar-refractivity contribution in [1.82, 2.24) is 4.90 Å². The van der Waals surface area contributed by atoms with Gasteiger partial charge in [-0.15, -0.1) is 0 Å². The summed E-state index contributed by atoms with van der Waals surface area (Å²) < 4.78 is 12.4. The summed E-state index contributed by atoms with van der Waals surface area (Å²) >= 11 is 0. The van der Waals surface area contributed by atoms with E-state index in [9.17, 15) is 9.59 Å². The smallest absolute Gasteiger partial charge is 0.233 e. The van der Waals surface area contributed by atoms with E-state index in [0.717, 1.165) is 37.1 Å². The lowest BCUT2D eigenvalue weighted by Gasteiger charge is -2.44. The molecule has 0 aliphatic carbocycles. The number of carbonyl (C=O) groups is 2. The minimum absolute atomic E-state index is 0.0313. The van der Waals surface area contributed by atoms with Crippen molar-refractivity contribution in [2.45, 2.75) is 61.7 Å². The third-order valence-electron chi connectivity index (χ3n) is 7.56. The summed E-state index contributed by atoms with van der Waals surface area (Å²) in [5.41, 5.74) is 1.57. The average Bonchev–Trinajstić information content (AvgIpc) is 2.97. The SMILES string of the molecule is O=C1CCCN1[C@H]1C[C@@H]2N(C(=O)[C@@H]3C[C@@H]4O[C@]23[C@H]2O[C@@H]42)c2ccccc21. The highest BCUT2D eigenvalue weighted by atomic mass is 16.7. The maximum absolute atomic E-state index is 13.3. The molecule has 0 radical (unpaired) electrons. The normalized spacial score (nSPS) is 47.1. The summed E-state index contributed by atoms with van der Waals surface area (Å²) in [5.74, 6) is 0.321. The molecule has 6 aliphatic rings. The van der Waals surface area contributed by atoms with E-state index < -0.39 is 5.60 Å². The number of benzene rings is 1. The van der Waals surface area contributed by atoms with E-state index in [1.807, 2.05) is 28.0 Å². The Morgan fingerprint density at radius 2 is 2.04 bits per heavy atom. The number of epoxide rings is 1. The number of ether oxygens (including phenoxy) is 2. The van der Waals surface area contributed by atoms with Gasteiger partial charge in [0, 0.05) is 18.7 Å². The molecule has 7 rings (SSSR count). The summed E-state index contributed by atoms with van der Waals surface area (Å²) in [7, 11) is 0. The second-order valence-electron chi connectivity index (χ2n) is 8.54. The van der Waals surface area contributed by atoms with Crippen LogP contribution >= 0.6 is 0 Å². The topological polar surface area (TPSA) is 62.4 Å². The molecular formula is C20H20N2O4. The maximum Gasteiger partial charge on any atom is 0.233 e. The molecule has 0 aromatic heterocycles. The van der Waals surface area contributed by atoms with Crippen molar-refractivity contribution in [2.75, 3.05) is 11.4 Å². The largest absolute Gasteiger partial charge is 0.363 e. The van der Waals surface area contributed by atoms with E-state index in [1.54, 1.807) is 0 Å². The fourth-order valence-electron chi connectivity index (χ4n) is 6.56. The first kappa shape index (κ1) is 14.2. The number of para-hydroxylation sites is 1. The van der Waals surface area contributed by atoms with Crippen LogP contribution in [-0.4, -0.2) is 53.2 Å². The summed E-state index contributed by atoms with van der Waals surface area (Å²) in [6.07, 6.45) is 3.41. The number of rotatable bonds is 1. The van der Waals surface area contributed by atoms with Gasteiger partial charge in [-0.05, 0) is 30.9 Å². The van der Waals surface area contributed by atoms with E-state index in [4.69, 9.17) is 9.47 Å². The minimum atomic E-state index is -0.499.